The van der Waals surface area contributed by atoms with E-state index in [0.29, 0.717) is 50.8 Å². The highest BCUT2D eigenvalue weighted by Gasteiger charge is 2.32. The van der Waals surface area contributed by atoms with Gasteiger partial charge in [-0.2, -0.15) is 13.2 Å². The number of nitrogens with zero attached hydrogens (tertiary/aromatic N) is 3. The van der Waals surface area contributed by atoms with E-state index in [0.717, 1.165) is 18.3 Å². The first-order chi connectivity index (χ1) is 14.4. The number of alkyl halides is 3. The quantitative estimate of drug-likeness (QED) is 0.824. The van der Waals surface area contributed by atoms with E-state index < -0.39 is 11.7 Å². The Bertz CT molecular complexity index is 901. The normalized spacial score (nSPS) is 18.8. The van der Waals surface area contributed by atoms with Crippen LogP contribution in [-0.4, -0.2) is 61.3 Å². The fraction of sp³-hybridized carbons (Fsp3) is 0.400. The van der Waals surface area contributed by atoms with Crippen molar-refractivity contribution in [2.45, 2.75) is 12.3 Å². The minimum Gasteiger partial charge on any atom is -0.486 e. The fourth-order valence-corrected chi connectivity index (χ4v) is 3.38. The number of para-hydroxylation sites is 2. The van der Waals surface area contributed by atoms with Gasteiger partial charge < -0.3 is 24.6 Å². The monoisotopic (exact) mass is 422 g/mol. The van der Waals surface area contributed by atoms with Gasteiger partial charge in [0.1, 0.15) is 12.4 Å². The predicted octanol–water partition coefficient (Wildman–Crippen LogP) is 2.77. The summed E-state index contributed by atoms with van der Waals surface area (Å²) in [5, 5.41) is 2.84. The number of amides is 2. The van der Waals surface area contributed by atoms with E-state index >= 15 is 0 Å². The molecular formula is C20H21F3N4O3. The van der Waals surface area contributed by atoms with Crippen LogP contribution < -0.4 is 19.7 Å². The standard InChI is InChI=1S/C20H21F3N4O3/c21-20(22,23)14-5-6-24-18(11-14)26-7-9-27(10-8-26)19(28)25-12-15-13-29-16-3-1-2-4-17(16)30-15/h1-6,11,15H,7-10,12-13H2,(H,25,28). The van der Waals surface area contributed by atoms with Gasteiger partial charge in [-0.1, -0.05) is 12.1 Å². The van der Waals surface area contributed by atoms with Crippen LogP contribution in [0.15, 0.2) is 42.6 Å². The first kappa shape index (κ1) is 20.1. The number of carbonyl (C=O) groups is 1. The summed E-state index contributed by atoms with van der Waals surface area (Å²) in [7, 11) is 0. The zero-order valence-corrected chi connectivity index (χ0v) is 16.1. The molecule has 1 aromatic carbocycles. The topological polar surface area (TPSA) is 66.9 Å². The number of urea groups is 1. The Balaban J connectivity index is 1.26. The first-order valence-electron chi connectivity index (χ1n) is 9.59. The number of aromatic nitrogens is 1. The van der Waals surface area contributed by atoms with Crippen molar-refractivity contribution in [1.29, 1.82) is 0 Å². The van der Waals surface area contributed by atoms with E-state index in [1.807, 2.05) is 24.3 Å². The van der Waals surface area contributed by atoms with E-state index in [4.69, 9.17) is 9.47 Å². The van der Waals surface area contributed by atoms with Crippen molar-refractivity contribution in [1.82, 2.24) is 15.2 Å². The molecule has 0 aliphatic carbocycles. The molecule has 1 saturated heterocycles. The highest BCUT2D eigenvalue weighted by atomic mass is 19.4. The number of nitrogens with one attached hydrogen (secondary N) is 1. The van der Waals surface area contributed by atoms with Crippen molar-refractivity contribution in [2.75, 3.05) is 44.2 Å². The van der Waals surface area contributed by atoms with Gasteiger partial charge in [-0.3, -0.25) is 0 Å². The van der Waals surface area contributed by atoms with Crippen LogP contribution in [-0.2, 0) is 6.18 Å². The number of hydrogen-bond donors (Lipinski definition) is 1. The smallest absolute Gasteiger partial charge is 0.416 e. The summed E-state index contributed by atoms with van der Waals surface area (Å²) in [5.41, 5.74) is -0.732. The van der Waals surface area contributed by atoms with Gasteiger partial charge in [0.2, 0.25) is 0 Å². The average molecular weight is 422 g/mol. The fourth-order valence-electron chi connectivity index (χ4n) is 3.38. The molecule has 10 heteroatoms. The number of carbonyl (C=O) groups excluding carboxylic acids is 1. The summed E-state index contributed by atoms with van der Waals surface area (Å²) in [6, 6.07) is 9.08. The van der Waals surface area contributed by atoms with E-state index in [1.54, 1.807) is 9.80 Å². The molecule has 1 fully saturated rings. The highest BCUT2D eigenvalue weighted by molar-refractivity contribution is 5.74. The maximum absolute atomic E-state index is 12.9. The number of hydrogen-bond acceptors (Lipinski definition) is 5. The number of piperazine rings is 1. The minimum atomic E-state index is -4.41. The third-order valence-corrected chi connectivity index (χ3v) is 5.01. The van der Waals surface area contributed by atoms with E-state index in [-0.39, 0.29) is 18.0 Å². The van der Waals surface area contributed by atoms with Gasteiger partial charge in [0.15, 0.2) is 17.6 Å². The van der Waals surface area contributed by atoms with Gasteiger partial charge in [-0.05, 0) is 24.3 Å². The molecule has 7 nitrogen and oxygen atoms in total. The molecule has 160 valence electrons. The van der Waals surface area contributed by atoms with Crippen LogP contribution in [0.3, 0.4) is 0 Å². The van der Waals surface area contributed by atoms with Gasteiger partial charge >= 0.3 is 12.2 Å². The molecule has 2 amide bonds. The second-order valence-electron chi connectivity index (χ2n) is 7.06. The van der Waals surface area contributed by atoms with Crippen molar-refractivity contribution < 1.29 is 27.4 Å². The Labute approximate surface area is 171 Å². The van der Waals surface area contributed by atoms with Crippen LogP contribution in [0, 0.1) is 0 Å². The molecule has 1 N–H and O–H groups in total. The Morgan fingerprint density at radius 1 is 1.13 bits per heavy atom. The Hall–Kier alpha value is -3.17. The Morgan fingerprint density at radius 3 is 2.60 bits per heavy atom. The van der Waals surface area contributed by atoms with Crippen LogP contribution in [0.5, 0.6) is 11.5 Å². The lowest BCUT2D eigenvalue weighted by Gasteiger charge is -2.36. The lowest BCUT2D eigenvalue weighted by Crippen LogP contribution is -2.53. The number of halogens is 3. The summed E-state index contributed by atoms with van der Waals surface area (Å²) in [5.74, 6) is 1.58. The number of anilines is 1. The number of rotatable bonds is 3. The van der Waals surface area contributed by atoms with Crippen LogP contribution >= 0.6 is 0 Å². The van der Waals surface area contributed by atoms with Crippen LogP contribution in [0.1, 0.15) is 5.56 Å². The SMILES string of the molecule is O=C(NCC1COc2ccccc2O1)N1CCN(c2cc(C(F)(F)F)ccn2)CC1. The van der Waals surface area contributed by atoms with E-state index in [2.05, 4.69) is 10.3 Å². The van der Waals surface area contributed by atoms with Gasteiger partial charge in [-0.25, -0.2) is 9.78 Å². The molecule has 0 radical (unpaired) electrons. The lowest BCUT2D eigenvalue weighted by molar-refractivity contribution is -0.137. The van der Waals surface area contributed by atoms with Gasteiger partial charge in [0.25, 0.3) is 0 Å². The van der Waals surface area contributed by atoms with Crippen LogP contribution in [0.25, 0.3) is 0 Å². The summed E-state index contributed by atoms with van der Waals surface area (Å²) >= 11 is 0. The summed E-state index contributed by atoms with van der Waals surface area (Å²) in [4.78, 5) is 19.9. The molecule has 2 aliphatic rings. The van der Waals surface area contributed by atoms with Gasteiger partial charge in [0, 0.05) is 32.4 Å². The third kappa shape index (κ3) is 4.52. The van der Waals surface area contributed by atoms with Crippen molar-refractivity contribution in [3.05, 3.63) is 48.2 Å². The molecule has 2 aromatic rings. The zero-order chi connectivity index (χ0) is 21.1. The highest BCUT2D eigenvalue weighted by Crippen LogP contribution is 2.31. The number of ether oxygens (including phenoxy) is 2. The van der Waals surface area contributed by atoms with Crippen molar-refractivity contribution >= 4 is 11.8 Å². The molecule has 4 rings (SSSR count). The van der Waals surface area contributed by atoms with Crippen LogP contribution in [0.2, 0.25) is 0 Å². The number of benzene rings is 1. The summed E-state index contributed by atoms with van der Waals surface area (Å²) < 4.78 is 50.1. The molecule has 3 heterocycles. The van der Waals surface area contributed by atoms with Gasteiger partial charge in [0.05, 0.1) is 12.1 Å². The van der Waals surface area contributed by atoms with Crippen molar-refractivity contribution in [3.8, 4) is 11.5 Å². The average Bonchev–Trinajstić information content (AvgIpc) is 2.77. The lowest BCUT2D eigenvalue weighted by atomic mass is 10.2. The molecule has 1 aromatic heterocycles. The van der Waals surface area contributed by atoms with Crippen LogP contribution in [0.4, 0.5) is 23.8 Å². The number of fused-ring (bicyclic) bond motifs is 1. The van der Waals surface area contributed by atoms with Gasteiger partial charge in [-0.15, -0.1) is 0 Å². The van der Waals surface area contributed by atoms with Crippen molar-refractivity contribution in [2.24, 2.45) is 0 Å². The van der Waals surface area contributed by atoms with E-state index in [9.17, 15) is 18.0 Å². The summed E-state index contributed by atoms with van der Waals surface area (Å²) in [6.45, 7) is 2.20. The molecular weight excluding hydrogens is 401 g/mol. The Morgan fingerprint density at radius 2 is 1.87 bits per heavy atom. The zero-order valence-electron chi connectivity index (χ0n) is 16.1. The second-order valence-corrected chi connectivity index (χ2v) is 7.06. The molecule has 1 unspecified atom stereocenters. The van der Waals surface area contributed by atoms with Crippen molar-refractivity contribution in [3.63, 3.8) is 0 Å². The third-order valence-electron chi connectivity index (χ3n) is 5.01. The largest absolute Gasteiger partial charge is 0.486 e. The molecule has 0 bridgehead atoms. The van der Waals surface area contributed by atoms with E-state index in [1.165, 1.54) is 0 Å². The molecule has 30 heavy (non-hydrogen) atoms. The molecule has 0 spiro atoms. The number of pyridine rings is 1. The predicted molar refractivity (Wildman–Crippen MR) is 103 cm³/mol. The molecule has 2 aliphatic heterocycles. The maximum Gasteiger partial charge on any atom is 0.416 e. The minimum absolute atomic E-state index is 0.242. The molecule has 1 atom stereocenters. The molecule has 0 saturated carbocycles. The second kappa shape index (κ2) is 8.29. The maximum atomic E-state index is 12.9. The first-order valence-corrected chi connectivity index (χ1v) is 9.59. The summed E-state index contributed by atoms with van der Waals surface area (Å²) in [6.07, 6.45) is -3.55. The Kier molecular flexibility index (Phi) is 5.56.